The average Bonchev–Trinajstić information content (AvgIpc) is 3.20. The Labute approximate surface area is 178 Å². The predicted molar refractivity (Wildman–Crippen MR) is 121 cm³/mol. The molecule has 0 radical (unpaired) electrons. The quantitative estimate of drug-likeness (QED) is 0.663. The Balaban J connectivity index is 1.41. The van der Waals surface area contributed by atoms with Gasteiger partial charge in [0.15, 0.2) is 0 Å². The van der Waals surface area contributed by atoms with Crippen LogP contribution in [0.3, 0.4) is 0 Å². The molecule has 1 atom stereocenters. The summed E-state index contributed by atoms with van der Waals surface area (Å²) in [6.07, 6.45) is 8.72. The van der Waals surface area contributed by atoms with Gasteiger partial charge in [-0.05, 0) is 54.9 Å². The van der Waals surface area contributed by atoms with Crippen LogP contribution in [0.1, 0.15) is 33.1 Å². The third-order valence-electron chi connectivity index (χ3n) is 6.24. The van der Waals surface area contributed by atoms with Gasteiger partial charge in [-0.2, -0.15) is 5.10 Å². The van der Waals surface area contributed by atoms with E-state index in [0.717, 1.165) is 54.4 Å². The number of pyridine rings is 1. The maximum Gasteiger partial charge on any atom is 0.228 e. The van der Waals surface area contributed by atoms with E-state index in [4.69, 9.17) is 0 Å². The molecule has 1 aliphatic rings. The van der Waals surface area contributed by atoms with Crippen molar-refractivity contribution < 1.29 is 4.79 Å². The fraction of sp³-hybridized carbons (Fsp3) is 0.458. The molecular formula is C24H31N5O. The third kappa shape index (κ3) is 4.70. The molecular weight excluding hydrogens is 374 g/mol. The number of hydrogen-bond donors (Lipinski definition) is 1. The van der Waals surface area contributed by atoms with Crippen molar-refractivity contribution >= 4 is 22.5 Å². The van der Waals surface area contributed by atoms with Crippen LogP contribution in [0, 0.1) is 11.8 Å². The van der Waals surface area contributed by atoms with E-state index in [1.165, 1.54) is 6.42 Å². The zero-order valence-corrected chi connectivity index (χ0v) is 18.1. The molecule has 2 aromatic heterocycles. The second-order valence-corrected chi connectivity index (χ2v) is 8.61. The molecule has 0 bridgehead atoms. The van der Waals surface area contributed by atoms with E-state index in [1.54, 1.807) is 4.68 Å². The van der Waals surface area contributed by atoms with Gasteiger partial charge >= 0.3 is 0 Å². The summed E-state index contributed by atoms with van der Waals surface area (Å²) < 4.78 is 1.80. The Morgan fingerprint density at radius 1 is 1.17 bits per heavy atom. The number of nitrogens with zero attached hydrogens (tertiary/aromatic N) is 4. The lowest BCUT2D eigenvalue weighted by Gasteiger charge is -2.32. The summed E-state index contributed by atoms with van der Waals surface area (Å²) >= 11 is 0. The minimum absolute atomic E-state index is 0.0670. The van der Waals surface area contributed by atoms with Crippen LogP contribution in [0.25, 0.3) is 21.9 Å². The third-order valence-corrected chi connectivity index (χ3v) is 6.24. The minimum atomic E-state index is 0.0670. The van der Waals surface area contributed by atoms with Crippen molar-refractivity contribution in [3.8, 4) is 11.1 Å². The number of nitrogens with one attached hydrogen (secondary N) is 1. The van der Waals surface area contributed by atoms with Crippen LogP contribution in [0.5, 0.6) is 0 Å². The summed E-state index contributed by atoms with van der Waals surface area (Å²) in [6.45, 7) is 7.67. The number of benzene rings is 1. The normalized spacial score (nSPS) is 16.6. The summed E-state index contributed by atoms with van der Waals surface area (Å²) in [7, 11) is 1.91. The number of piperidine rings is 1. The molecule has 6 heteroatoms. The maximum absolute atomic E-state index is 12.8. The molecule has 0 aliphatic carbocycles. The number of hydrogen-bond acceptors (Lipinski definition) is 4. The van der Waals surface area contributed by atoms with E-state index < -0.39 is 0 Å². The molecule has 4 rings (SSSR count). The highest BCUT2D eigenvalue weighted by Crippen LogP contribution is 2.26. The summed E-state index contributed by atoms with van der Waals surface area (Å²) in [5.41, 5.74) is 2.18. The molecule has 0 saturated carbocycles. The number of fused-ring (bicyclic) bond motifs is 1. The van der Waals surface area contributed by atoms with E-state index in [0.29, 0.717) is 11.7 Å². The van der Waals surface area contributed by atoms with Gasteiger partial charge in [-0.25, -0.2) is 4.98 Å². The SMILES string of the molecule is CCC(C)CN1CCC(C(=O)Nc2cc3cc(-c4cnn(C)c4)ccc3cn2)CC1. The topological polar surface area (TPSA) is 63.1 Å². The zero-order chi connectivity index (χ0) is 21.1. The molecule has 1 aliphatic heterocycles. The molecule has 6 nitrogen and oxygen atoms in total. The van der Waals surface area contributed by atoms with Crippen LogP contribution in [0.4, 0.5) is 5.82 Å². The molecule has 1 aromatic carbocycles. The van der Waals surface area contributed by atoms with Crippen molar-refractivity contribution in [1.82, 2.24) is 19.7 Å². The molecule has 3 heterocycles. The fourth-order valence-electron chi connectivity index (χ4n) is 4.14. The number of carbonyl (C=O) groups excluding carboxylic acids is 1. The summed E-state index contributed by atoms with van der Waals surface area (Å²) in [5, 5.41) is 9.42. The van der Waals surface area contributed by atoms with Gasteiger partial charge < -0.3 is 10.2 Å². The number of aromatic nitrogens is 3. The summed E-state index contributed by atoms with van der Waals surface area (Å²) in [6, 6.07) is 8.22. The van der Waals surface area contributed by atoms with E-state index in [1.807, 2.05) is 31.7 Å². The van der Waals surface area contributed by atoms with Crippen molar-refractivity contribution in [2.75, 3.05) is 25.0 Å². The fourth-order valence-corrected chi connectivity index (χ4v) is 4.14. The number of anilines is 1. The monoisotopic (exact) mass is 405 g/mol. The van der Waals surface area contributed by atoms with Crippen LogP contribution in [0.15, 0.2) is 42.9 Å². The molecule has 30 heavy (non-hydrogen) atoms. The number of amides is 1. The second-order valence-electron chi connectivity index (χ2n) is 8.61. The summed E-state index contributed by atoms with van der Waals surface area (Å²) in [4.78, 5) is 19.7. The zero-order valence-electron chi connectivity index (χ0n) is 18.1. The van der Waals surface area contributed by atoms with Crippen LogP contribution in [0.2, 0.25) is 0 Å². The Hall–Kier alpha value is -2.73. The molecule has 1 unspecified atom stereocenters. The van der Waals surface area contributed by atoms with E-state index in [-0.39, 0.29) is 11.8 Å². The number of rotatable bonds is 6. The van der Waals surface area contributed by atoms with Gasteiger partial charge in [0, 0.05) is 42.9 Å². The van der Waals surface area contributed by atoms with Crippen LogP contribution >= 0.6 is 0 Å². The molecule has 1 fully saturated rings. The van der Waals surface area contributed by atoms with Gasteiger partial charge in [0.1, 0.15) is 5.82 Å². The lowest BCUT2D eigenvalue weighted by molar-refractivity contribution is -0.121. The molecule has 1 N–H and O–H groups in total. The Morgan fingerprint density at radius 3 is 2.67 bits per heavy atom. The molecule has 158 valence electrons. The van der Waals surface area contributed by atoms with E-state index in [9.17, 15) is 4.79 Å². The van der Waals surface area contributed by atoms with Crippen LogP contribution in [-0.2, 0) is 11.8 Å². The van der Waals surface area contributed by atoms with Crippen molar-refractivity contribution in [3.05, 3.63) is 42.9 Å². The van der Waals surface area contributed by atoms with Crippen molar-refractivity contribution in [2.45, 2.75) is 33.1 Å². The predicted octanol–water partition coefficient (Wildman–Crippen LogP) is 4.33. The van der Waals surface area contributed by atoms with Gasteiger partial charge in [0.05, 0.1) is 6.20 Å². The van der Waals surface area contributed by atoms with Gasteiger partial charge in [-0.1, -0.05) is 32.4 Å². The summed E-state index contributed by atoms with van der Waals surface area (Å²) in [5.74, 6) is 1.50. The maximum atomic E-state index is 12.8. The Bertz CT molecular complexity index is 1020. The van der Waals surface area contributed by atoms with Gasteiger partial charge in [-0.3, -0.25) is 9.48 Å². The molecule has 0 spiro atoms. The van der Waals surface area contributed by atoms with Crippen molar-refractivity contribution in [2.24, 2.45) is 18.9 Å². The van der Waals surface area contributed by atoms with Crippen LogP contribution in [-0.4, -0.2) is 45.2 Å². The minimum Gasteiger partial charge on any atom is -0.310 e. The second kappa shape index (κ2) is 8.96. The highest BCUT2D eigenvalue weighted by atomic mass is 16.1. The Morgan fingerprint density at radius 2 is 1.97 bits per heavy atom. The standard InChI is InChI=1S/C24H31N5O/c1-4-17(2)15-29-9-7-18(8-10-29)24(30)27-23-12-21-11-19(5-6-20(21)13-25-23)22-14-26-28(3)16-22/h5-6,11-14,16-18H,4,7-10,15H2,1-3H3,(H,25,27,30). The number of carbonyl (C=O) groups is 1. The van der Waals surface area contributed by atoms with Crippen molar-refractivity contribution in [1.29, 1.82) is 0 Å². The highest BCUT2D eigenvalue weighted by molar-refractivity contribution is 5.95. The van der Waals surface area contributed by atoms with Gasteiger partial charge in [-0.15, -0.1) is 0 Å². The van der Waals surface area contributed by atoms with E-state index >= 15 is 0 Å². The number of likely N-dealkylation sites (tertiary alicyclic amines) is 1. The first-order valence-corrected chi connectivity index (χ1v) is 10.9. The molecule has 3 aromatic rings. The average molecular weight is 406 g/mol. The largest absolute Gasteiger partial charge is 0.310 e. The Kier molecular flexibility index (Phi) is 6.13. The lowest BCUT2D eigenvalue weighted by atomic mass is 9.95. The highest BCUT2D eigenvalue weighted by Gasteiger charge is 2.25. The first-order valence-electron chi connectivity index (χ1n) is 10.9. The smallest absolute Gasteiger partial charge is 0.228 e. The molecule has 1 saturated heterocycles. The van der Waals surface area contributed by atoms with Crippen molar-refractivity contribution in [3.63, 3.8) is 0 Å². The first kappa shape index (κ1) is 20.5. The van der Waals surface area contributed by atoms with Gasteiger partial charge in [0.2, 0.25) is 5.91 Å². The van der Waals surface area contributed by atoms with Crippen LogP contribution < -0.4 is 5.32 Å². The van der Waals surface area contributed by atoms with Gasteiger partial charge in [0.25, 0.3) is 0 Å². The lowest BCUT2D eigenvalue weighted by Crippen LogP contribution is -2.40. The number of aryl methyl sites for hydroxylation is 1. The molecule has 1 amide bonds. The van der Waals surface area contributed by atoms with E-state index in [2.05, 4.69) is 52.3 Å². The first-order chi connectivity index (χ1) is 14.5.